The maximum atomic E-state index is 3.58. The summed E-state index contributed by atoms with van der Waals surface area (Å²) in [5, 5.41) is 1.20. The van der Waals surface area contributed by atoms with Crippen molar-refractivity contribution in [2.75, 3.05) is 18.4 Å². The molecule has 0 aromatic heterocycles. The van der Waals surface area contributed by atoms with Crippen molar-refractivity contribution >= 4 is 15.9 Å². The topological polar surface area (TPSA) is 3.24 Å². The van der Waals surface area contributed by atoms with Crippen LogP contribution in [0.15, 0.2) is 0 Å². The lowest BCUT2D eigenvalue weighted by Gasteiger charge is -2.36. The molecule has 0 amide bonds. The Labute approximate surface area is 91.0 Å². The molecule has 78 valence electrons. The molecule has 2 heteroatoms. The highest BCUT2D eigenvalue weighted by Gasteiger charge is 2.22. The molecule has 0 radical (unpaired) electrons. The van der Waals surface area contributed by atoms with Crippen LogP contribution >= 0.6 is 15.9 Å². The predicted molar refractivity (Wildman–Crippen MR) is 62.5 cm³/mol. The van der Waals surface area contributed by atoms with Crippen molar-refractivity contribution in [3.8, 4) is 0 Å². The molecule has 0 atom stereocenters. The highest BCUT2D eigenvalue weighted by molar-refractivity contribution is 9.09. The number of halogens is 1. The Hall–Kier alpha value is 0.440. The summed E-state index contributed by atoms with van der Waals surface area (Å²) >= 11 is 3.58. The van der Waals surface area contributed by atoms with Gasteiger partial charge in [0.05, 0.1) is 0 Å². The molecule has 1 fully saturated rings. The van der Waals surface area contributed by atoms with E-state index in [1.807, 2.05) is 0 Å². The van der Waals surface area contributed by atoms with E-state index in [4.69, 9.17) is 0 Å². The van der Waals surface area contributed by atoms with E-state index in [-0.39, 0.29) is 0 Å². The Morgan fingerprint density at radius 3 is 2.15 bits per heavy atom. The van der Waals surface area contributed by atoms with Crippen molar-refractivity contribution in [2.45, 2.75) is 45.6 Å². The van der Waals surface area contributed by atoms with Gasteiger partial charge >= 0.3 is 0 Å². The number of piperidine rings is 1. The van der Waals surface area contributed by atoms with Gasteiger partial charge in [-0.05, 0) is 44.7 Å². The third-order valence-electron chi connectivity index (χ3n) is 3.33. The second-order valence-corrected chi connectivity index (χ2v) is 4.75. The van der Waals surface area contributed by atoms with E-state index in [1.165, 1.54) is 44.1 Å². The number of likely N-dealkylation sites (tertiary alicyclic amines) is 1. The zero-order valence-corrected chi connectivity index (χ0v) is 10.5. The fraction of sp³-hybridized carbons (Fsp3) is 1.00. The van der Waals surface area contributed by atoms with Crippen LogP contribution in [0.5, 0.6) is 0 Å². The van der Waals surface area contributed by atoms with Crippen molar-refractivity contribution < 1.29 is 0 Å². The minimum absolute atomic E-state index is 0.844. The highest BCUT2D eigenvalue weighted by atomic mass is 79.9. The Bertz CT molecular complexity index is 126. The standard InChI is InChI=1S/C11H22BrN/c1-3-11(4-2)13-7-5-10(9-12)6-8-13/h10-11H,3-9H2,1-2H3. The molecule has 1 heterocycles. The van der Waals surface area contributed by atoms with E-state index in [2.05, 4.69) is 34.7 Å². The van der Waals surface area contributed by atoms with Gasteiger partial charge in [-0.1, -0.05) is 29.8 Å². The Morgan fingerprint density at radius 1 is 1.23 bits per heavy atom. The van der Waals surface area contributed by atoms with Crippen LogP contribution in [0.3, 0.4) is 0 Å². The van der Waals surface area contributed by atoms with Crippen LogP contribution in [0, 0.1) is 5.92 Å². The molecule has 1 saturated heterocycles. The first kappa shape index (κ1) is 11.5. The summed E-state index contributed by atoms with van der Waals surface area (Å²) in [5.74, 6) is 0.936. The van der Waals surface area contributed by atoms with Crippen LogP contribution in [0.1, 0.15) is 39.5 Å². The minimum Gasteiger partial charge on any atom is -0.300 e. The molecular formula is C11H22BrN. The van der Waals surface area contributed by atoms with Gasteiger partial charge in [-0.2, -0.15) is 0 Å². The number of hydrogen-bond donors (Lipinski definition) is 0. The summed E-state index contributed by atoms with van der Waals surface area (Å²) in [6.45, 7) is 7.26. The fourth-order valence-electron chi connectivity index (χ4n) is 2.28. The zero-order chi connectivity index (χ0) is 9.68. The maximum absolute atomic E-state index is 3.58. The van der Waals surface area contributed by atoms with Crippen molar-refractivity contribution in [3.05, 3.63) is 0 Å². The van der Waals surface area contributed by atoms with Crippen LogP contribution in [0.2, 0.25) is 0 Å². The Morgan fingerprint density at radius 2 is 1.77 bits per heavy atom. The highest BCUT2D eigenvalue weighted by Crippen LogP contribution is 2.22. The van der Waals surface area contributed by atoms with Crippen molar-refractivity contribution in [1.29, 1.82) is 0 Å². The van der Waals surface area contributed by atoms with Crippen molar-refractivity contribution in [3.63, 3.8) is 0 Å². The van der Waals surface area contributed by atoms with Gasteiger partial charge in [-0.15, -0.1) is 0 Å². The molecule has 0 N–H and O–H groups in total. The summed E-state index contributed by atoms with van der Waals surface area (Å²) in [7, 11) is 0. The van der Waals surface area contributed by atoms with Gasteiger partial charge in [-0.25, -0.2) is 0 Å². The predicted octanol–water partition coefficient (Wildman–Crippen LogP) is 3.28. The first-order valence-corrected chi connectivity index (χ1v) is 6.73. The molecular weight excluding hydrogens is 226 g/mol. The van der Waals surface area contributed by atoms with Crippen LogP contribution in [0.4, 0.5) is 0 Å². The molecule has 1 rings (SSSR count). The average Bonchev–Trinajstić information content (AvgIpc) is 2.21. The van der Waals surface area contributed by atoms with Gasteiger partial charge in [0.25, 0.3) is 0 Å². The second-order valence-electron chi connectivity index (χ2n) is 4.10. The number of nitrogens with zero attached hydrogens (tertiary/aromatic N) is 1. The first-order valence-electron chi connectivity index (χ1n) is 5.61. The lowest BCUT2D eigenvalue weighted by atomic mass is 9.97. The molecule has 0 aliphatic carbocycles. The lowest BCUT2D eigenvalue weighted by molar-refractivity contribution is 0.132. The van der Waals surface area contributed by atoms with Gasteiger partial charge in [0.2, 0.25) is 0 Å². The van der Waals surface area contributed by atoms with E-state index in [9.17, 15) is 0 Å². The van der Waals surface area contributed by atoms with Crippen LogP contribution in [-0.4, -0.2) is 29.4 Å². The first-order chi connectivity index (χ1) is 6.31. The lowest BCUT2D eigenvalue weighted by Crippen LogP contribution is -2.41. The molecule has 1 aliphatic rings. The summed E-state index contributed by atoms with van der Waals surface area (Å²) < 4.78 is 0. The molecule has 0 unspecified atom stereocenters. The molecule has 0 aromatic carbocycles. The quantitative estimate of drug-likeness (QED) is 0.690. The van der Waals surface area contributed by atoms with E-state index < -0.39 is 0 Å². The Balaban J connectivity index is 2.30. The van der Waals surface area contributed by atoms with Crippen LogP contribution in [-0.2, 0) is 0 Å². The number of alkyl halides is 1. The normalized spacial score (nSPS) is 21.2. The summed E-state index contributed by atoms with van der Waals surface area (Å²) in [6, 6.07) is 0.844. The minimum atomic E-state index is 0.844. The Kier molecular flexibility index (Phi) is 5.34. The van der Waals surface area contributed by atoms with E-state index in [0.29, 0.717) is 0 Å². The van der Waals surface area contributed by atoms with E-state index >= 15 is 0 Å². The molecule has 0 aromatic rings. The van der Waals surface area contributed by atoms with Crippen LogP contribution in [0.25, 0.3) is 0 Å². The summed E-state index contributed by atoms with van der Waals surface area (Å²) in [5.41, 5.74) is 0. The van der Waals surface area contributed by atoms with E-state index in [0.717, 1.165) is 12.0 Å². The molecule has 0 saturated carbocycles. The molecule has 0 spiro atoms. The van der Waals surface area contributed by atoms with Gasteiger partial charge in [0.1, 0.15) is 0 Å². The fourth-order valence-corrected chi connectivity index (χ4v) is 2.92. The summed E-state index contributed by atoms with van der Waals surface area (Å²) in [4.78, 5) is 2.68. The zero-order valence-electron chi connectivity index (χ0n) is 8.93. The molecule has 1 nitrogen and oxygen atoms in total. The van der Waals surface area contributed by atoms with Crippen LogP contribution < -0.4 is 0 Å². The third kappa shape index (κ3) is 3.25. The van der Waals surface area contributed by atoms with Gasteiger partial charge < -0.3 is 4.90 Å². The maximum Gasteiger partial charge on any atom is 0.00900 e. The third-order valence-corrected chi connectivity index (χ3v) is 4.24. The summed E-state index contributed by atoms with van der Waals surface area (Å²) in [6.07, 6.45) is 5.41. The van der Waals surface area contributed by atoms with Gasteiger partial charge in [0.15, 0.2) is 0 Å². The largest absolute Gasteiger partial charge is 0.300 e. The van der Waals surface area contributed by atoms with Crippen molar-refractivity contribution in [2.24, 2.45) is 5.92 Å². The SMILES string of the molecule is CCC(CC)N1CCC(CBr)CC1. The monoisotopic (exact) mass is 247 g/mol. The van der Waals surface area contributed by atoms with Crippen molar-refractivity contribution in [1.82, 2.24) is 4.90 Å². The smallest absolute Gasteiger partial charge is 0.00900 e. The average molecular weight is 248 g/mol. The van der Waals surface area contributed by atoms with E-state index in [1.54, 1.807) is 0 Å². The molecule has 1 aliphatic heterocycles. The van der Waals surface area contributed by atoms with Gasteiger partial charge in [0, 0.05) is 11.4 Å². The molecule has 13 heavy (non-hydrogen) atoms. The number of hydrogen-bond acceptors (Lipinski definition) is 1. The van der Waals surface area contributed by atoms with Gasteiger partial charge in [-0.3, -0.25) is 0 Å². The second kappa shape index (κ2) is 6.02. The molecule has 0 bridgehead atoms. The number of rotatable bonds is 4.